The number of phenols is 1. The molecule has 0 saturated carbocycles. The van der Waals surface area contributed by atoms with Crippen molar-refractivity contribution >= 4 is 0 Å². The van der Waals surface area contributed by atoms with E-state index in [2.05, 4.69) is 19.2 Å². The Bertz CT molecular complexity index is 310. The molecule has 0 aliphatic heterocycles. The highest BCUT2D eigenvalue weighted by molar-refractivity contribution is 5.31. The van der Waals surface area contributed by atoms with Crippen molar-refractivity contribution in [1.82, 2.24) is 5.32 Å². The first-order valence-corrected chi connectivity index (χ1v) is 5.06. The van der Waals surface area contributed by atoms with Crippen LogP contribution in [0.4, 0.5) is 0 Å². The number of rotatable bonds is 5. The Morgan fingerprint density at radius 2 is 2.00 bits per heavy atom. The third-order valence-electron chi connectivity index (χ3n) is 2.25. The van der Waals surface area contributed by atoms with Gasteiger partial charge in [-0.3, -0.25) is 0 Å². The van der Waals surface area contributed by atoms with Crippen LogP contribution in [-0.4, -0.2) is 24.4 Å². The van der Waals surface area contributed by atoms with Gasteiger partial charge in [-0.2, -0.15) is 0 Å². The lowest BCUT2D eigenvalue weighted by Gasteiger charge is -2.25. The summed E-state index contributed by atoms with van der Waals surface area (Å²) in [6.07, 6.45) is 0. The molecule has 0 aliphatic rings. The number of benzene rings is 1. The van der Waals surface area contributed by atoms with Crippen LogP contribution in [0.3, 0.4) is 0 Å². The molecule has 2 N–H and O–H groups in total. The van der Waals surface area contributed by atoms with Crippen LogP contribution in [0.25, 0.3) is 0 Å². The summed E-state index contributed by atoms with van der Waals surface area (Å²) in [7, 11) is 1.68. The highest BCUT2D eigenvalue weighted by Crippen LogP contribution is 2.16. The standard InChI is InChI=1S/C12H19NO2/c1-12(2,9-15-3)13-8-10-6-4-5-7-11(10)14/h4-7,13-14H,8-9H2,1-3H3. The second-order valence-corrected chi connectivity index (χ2v) is 4.30. The van der Waals surface area contributed by atoms with Crippen molar-refractivity contribution in [2.45, 2.75) is 25.9 Å². The molecule has 0 unspecified atom stereocenters. The predicted octanol–water partition coefficient (Wildman–Crippen LogP) is 1.91. The van der Waals surface area contributed by atoms with E-state index in [0.717, 1.165) is 5.56 Å². The van der Waals surface area contributed by atoms with E-state index in [4.69, 9.17) is 4.74 Å². The summed E-state index contributed by atoms with van der Waals surface area (Å²) >= 11 is 0. The smallest absolute Gasteiger partial charge is 0.120 e. The van der Waals surface area contributed by atoms with Gasteiger partial charge in [0.1, 0.15) is 5.75 Å². The summed E-state index contributed by atoms with van der Waals surface area (Å²) in [6, 6.07) is 7.34. The molecule has 0 aromatic heterocycles. The molecule has 0 fully saturated rings. The highest BCUT2D eigenvalue weighted by atomic mass is 16.5. The largest absolute Gasteiger partial charge is 0.508 e. The Morgan fingerprint density at radius 3 is 2.60 bits per heavy atom. The number of nitrogens with one attached hydrogen (secondary N) is 1. The third kappa shape index (κ3) is 3.90. The number of hydrogen-bond acceptors (Lipinski definition) is 3. The predicted molar refractivity (Wildman–Crippen MR) is 60.9 cm³/mol. The fourth-order valence-corrected chi connectivity index (χ4v) is 1.41. The first-order valence-electron chi connectivity index (χ1n) is 5.06. The second-order valence-electron chi connectivity index (χ2n) is 4.30. The van der Waals surface area contributed by atoms with Crippen molar-refractivity contribution < 1.29 is 9.84 Å². The van der Waals surface area contributed by atoms with Crippen LogP contribution in [0.2, 0.25) is 0 Å². The van der Waals surface area contributed by atoms with Gasteiger partial charge in [-0.1, -0.05) is 18.2 Å². The molecule has 0 atom stereocenters. The molecule has 1 aromatic rings. The van der Waals surface area contributed by atoms with Crippen LogP contribution < -0.4 is 5.32 Å². The van der Waals surface area contributed by atoms with E-state index in [1.807, 2.05) is 18.2 Å². The van der Waals surface area contributed by atoms with Gasteiger partial charge in [-0.25, -0.2) is 0 Å². The molecule has 1 rings (SSSR count). The van der Waals surface area contributed by atoms with Crippen LogP contribution in [0.5, 0.6) is 5.75 Å². The quantitative estimate of drug-likeness (QED) is 0.778. The SMILES string of the molecule is COCC(C)(C)NCc1ccccc1O. The van der Waals surface area contributed by atoms with E-state index in [1.54, 1.807) is 13.2 Å². The molecular weight excluding hydrogens is 190 g/mol. The molecule has 0 heterocycles. The molecule has 0 saturated heterocycles. The number of para-hydroxylation sites is 1. The van der Waals surface area contributed by atoms with Gasteiger partial charge in [0.05, 0.1) is 6.61 Å². The Balaban J connectivity index is 2.53. The monoisotopic (exact) mass is 209 g/mol. The van der Waals surface area contributed by atoms with E-state index >= 15 is 0 Å². The molecule has 1 aromatic carbocycles. The van der Waals surface area contributed by atoms with Gasteiger partial charge >= 0.3 is 0 Å². The molecule has 0 amide bonds. The maximum Gasteiger partial charge on any atom is 0.120 e. The number of hydrogen-bond donors (Lipinski definition) is 2. The first-order chi connectivity index (χ1) is 7.05. The van der Waals surface area contributed by atoms with Crippen molar-refractivity contribution in [2.75, 3.05) is 13.7 Å². The molecule has 3 heteroatoms. The lowest BCUT2D eigenvalue weighted by Crippen LogP contribution is -2.42. The zero-order chi connectivity index (χ0) is 11.3. The molecule has 0 aliphatic carbocycles. The molecule has 15 heavy (non-hydrogen) atoms. The van der Waals surface area contributed by atoms with Gasteiger partial charge < -0.3 is 15.2 Å². The third-order valence-corrected chi connectivity index (χ3v) is 2.25. The van der Waals surface area contributed by atoms with E-state index in [-0.39, 0.29) is 5.54 Å². The van der Waals surface area contributed by atoms with Crippen LogP contribution in [0, 0.1) is 0 Å². The lowest BCUT2D eigenvalue weighted by atomic mass is 10.1. The van der Waals surface area contributed by atoms with Crippen molar-refractivity contribution in [3.05, 3.63) is 29.8 Å². The fraction of sp³-hybridized carbons (Fsp3) is 0.500. The summed E-state index contributed by atoms with van der Waals surface area (Å²) in [5.74, 6) is 0.332. The minimum absolute atomic E-state index is 0.0863. The van der Waals surface area contributed by atoms with E-state index < -0.39 is 0 Å². The maximum absolute atomic E-state index is 9.57. The molecule has 0 spiro atoms. The number of ether oxygens (including phenoxy) is 1. The van der Waals surface area contributed by atoms with Crippen molar-refractivity contribution in [3.63, 3.8) is 0 Å². The van der Waals surface area contributed by atoms with Crippen molar-refractivity contribution in [3.8, 4) is 5.75 Å². The Hall–Kier alpha value is -1.06. The van der Waals surface area contributed by atoms with Crippen LogP contribution >= 0.6 is 0 Å². The lowest BCUT2D eigenvalue weighted by molar-refractivity contribution is 0.127. The van der Waals surface area contributed by atoms with Crippen LogP contribution in [0.1, 0.15) is 19.4 Å². The normalized spacial score (nSPS) is 11.7. The number of phenolic OH excluding ortho intramolecular Hbond substituents is 1. The fourth-order valence-electron chi connectivity index (χ4n) is 1.41. The van der Waals surface area contributed by atoms with Crippen LogP contribution in [-0.2, 0) is 11.3 Å². The van der Waals surface area contributed by atoms with Gasteiger partial charge in [0.25, 0.3) is 0 Å². The molecule has 0 bridgehead atoms. The van der Waals surface area contributed by atoms with E-state index in [0.29, 0.717) is 18.9 Å². The minimum atomic E-state index is -0.0863. The Kier molecular flexibility index (Phi) is 4.12. The molecule has 3 nitrogen and oxygen atoms in total. The van der Waals surface area contributed by atoms with Crippen molar-refractivity contribution in [2.24, 2.45) is 0 Å². The zero-order valence-corrected chi connectivity index (χ0v) is 9.58. The van der Waals surface area contributed by atoms with E-state index in [1.165, 1.54) is 0 Å². The van der Waals surface area contributed by atoms with Crippen LogP contribution in [0.15, 0.2) is 24.3 Å². The molecule has 0 radical (unpaired) electrons. The number of methoxy groups -OCH3 is 1. The zero-order valence-electron chi connectivity index (χ0n) is 9.58. The first kappa shape index (κ1) is 12.0. The van der Waals surface area contributed by atoms with Gasteiger partial charge in [0.15, 0.2) is 0 Å². The van der Waals surface area contributed by atoms with E-state index in [9.17, 15) is 5.11 Å². The Labute approximate surface area is 91.1 Å². The van der Waals surface area contributed by atoms with Gasteiger partial charge in [0.2, 0.25) is 0 Å². The van der Waals surface area contributed by atoms with Gasteiger partial charge in [-0.15, -0.1) is 0 Å². The topological polar surface area (TPSA) is 41.5 Å². The summed E-state index contributed by atoms with van der Waals surface area (Å²) in [5, 5.41) is 12.9. The highest BCUT2D eigenvalue weighted by Gasteiger charge is 2.16. The Morgan fingerprint density at radius 1 is 1.33 bits per heavy atom. The average molecular weight is 209 g/mol. The summed E-state index contributed by atoms with van der Waals surface area (Å²) in [4.78, 5) is 0. The minimum Gasteiger partial charge on any atom is -0.508 e. The summed E-state index contributed by atoms with van der Waals surface area (Å²) in [5.41, 5.74) is 0.818. The van der Waals surface area contributed by atoms with Crippen molar-refractivity contribution in [1.29, 1.82) is 0 Å². The molecule has 84 valence electrons. The second kappa shape index (κ2) is 5.14. The van der Waals surface area contributed by atoms with Gasteiger partial charge in [0, 0.05) is 24.8 Å². The average Bonchev–Trinajstić information content (AvgIpc) is 2.16. The summed E-state index contributed by atoms with van der Waals surface area (Å²) in [6.45, 7) is 5.41. The van der Waals surface area contributed by atoms with Gasteiger partial charge in [-0.05, 0) is 19.9 Å². The molecular formula is C12H19NO2. The number of aromatic hydroxyl groups is 1. The maximum atomic E-state index is 9.57. The summed E-state index contributed by atoms with van der Waals surface area (Å²) < 4.78 is 5.10.